The average molecular weight is 618 g/mol. The highest BCUT2D eigenvalue weighted by molar-refractivity contribution is 5.96. The normalized spacial score (nSPS) is 17.1. The molecule has 4 heterocycles. The molecule has 6 rings (SSSR count). The van der Waals surface area contributed by atoms with Gasteiger partial charge in [0, 0.05) is 73.4 Å². The first-order valence-electron chi connectivity index (χ1n) is 15.2. The first-order valence-corrected chi connectivity index (χ1v) is 15.2. The molecule has 2 N–H and O–H groups in total. The smallest absolute Gasteiger partial charge is 0.387 e. The second-order valence-electron chi connectivity index (χ2n) is 12.3. The first-order chi connectivity index (χ1) is 21.6. The molecule has 2 aliphatic rings. The van der Waals surface area contributed by atoms with E-state index in [0.717, 1.165) is 35.6 Å². The van der Waals surface area contributed by atoms with Crippen LogP contribution in [0.15, 0.2) is 61.1 Å². The van der Waals surface area contributed by atoms with Crippen LogP contribution < -0.4 is 15.4 Å². The summed E-state index contributed by atoms with van der Waals surface area (Å²) in [7, 11) is 0. The third-order valence-corrected chi connectivity index (χ3v) is 8.54. The van der Waals surface area contributed by atoms with Crippen molar-refractivity contribution in [3.63, 3.8) is 0 Å². The number of ether oxygens (including phenoxy) is 1. The average Bonchev–Trinajstić information content (AvgIpc) is 3.45. The number of likely N-dealkylation sites (tertiary alicyclic amines) is 1. The Hall–Kier alpha value is -4.58. The summed E-state index contributed by atoms with van der Waals surface area (Å²) in [6.07, 6.45) is 6.46. The van der Waals surface area contributed by atoms with E-state index in [1.807, 2.05) is 39.3 Å². The maximum atomic E-state index is 13.5. The number of aromatic nitrogens is 3. The Balaban J connectivity index is 1.10. The van der Waals surface area contributed by atoms with Gasteiger partial charge in [0.05, 0.1) is 11.9 Å². The maximum Gasteiger partial charge on any atom is 0.387 e. The Kier molecular flexibility index (Phi) is 8.41. The number of hydrogen-bond donors (Lipinski definition) is 2. The fraction of sp³-hybridized carbons (Fsp3) is 0.394. The molecule has 0 bridgehead atoms. The third-order valence-electron chi connectivity index (χ3n) is 8.54. The van der Waals surface area contributed by atoms with Crippen LogP contribution >= 0.6 is 0 Å². The number of piperazine rings is 1. The minimum absolute atomic E-state index is 0.0312. The van der Waals surface area contributed by atoms with Crippen molar-refractivity contribution in [2.75, 3.05) is 38.0 Å². The van der Waals surface area contributed by atoms with Crippen LogP contribution in [0.4, 0.5) is 20.3 Å². The molecule has 2 aromatic heterocycles. The number of nitrogens with one attached hydrogen (secondary N) is 2. The molecule has 2 fully saturated rings. The van der Waals surface area contributed by atoms with E-state index >= 15 is 0 Å². The Labute approximate surface area is 260 Å². The number of halogens is 2. The molecule has 0 aliphatic carbocycles. The summed E-state index contributed by atoms with van der Waals surface area (Å²) in [6, 6.07) is 11.9. The Morgan fingerprint density at radius 3 is 2.49 bits per heavy atom. The van der Waals surface area contributed by atoms with Crippen molar-refractivity contribution in [1.29, 1.82) is 0 Å². The van der Waals surface area contributed by atoms with Gasteiger partial charge in [0.2, 0.25) is 5.91 Å². The van der Waals surface area contributed by atoms with Gasteiger partial charge >= 0.3 is 6.61 Å². The predicted molar refractivity (Wildman–Crippen MR) is 167 cm³/mol. The lowest BCUT2D eigenvalue weighted by Crippen LogP contribution is -2.59. The molecule has 2 aliphatic heterocycles. The number of benzene rings is 2. The number of imidazole rings is 1. The van der Waals surface area contributed by atoms with Gasteiger partial charge in [-0.2, -0.15) is 8.78 Å². The number of fused-ring (bicyclic) bond motifs is 1. The largest absolute Gasteiger partial charge is 0.435 e. The van der Waals surface area contributed by atoms with E-state index in [4.69, 9.17) is 0 Å². The first kappa shape index (κ1) is 30.4. The molecule has 0 spiro atoms. The molecule has 236 valence electrons. The SMILES string of the molecule is Cc1cc(Nc2nccn3c(-c4ccc(OC(F)F)cc4)cnc23)ccc1C(=O)N1CCC(C(=O)N2CCNC(C)(C)C2)CC1. The van der Waals surface area contributed by atoms with Gasteiger partial charge in [0.1, 0.15) is 5.75 Å². The van der Waals surface area contributed by atoms with Gasteiger partial charge in [-0.05, 0) is 81.6 Å². The quantitative estimate of drug-likeness (QED) is 0.297. The number of rotatable bonds is 7. The predicted octanol–water partition coefficient (Wildman–Crippen LogP) is 5.11. The minimum Gasteiger partial charge on any atom is -0.435 e. The number of hydrogen-bond acceptors (Lipinski definition) is 7. The van der Waals surface area contributed by atoms with Crippen LogP contribution in [0.3, 0.4) is 0 Å². The molecule has 0 saturated carbocycles. The maximum absolute atomic E-state index is 13.5. The van der Waals surface area contributed by atoms with Gasteiger partial charge in [-0.3, -0.25) is 14.0 Å². The number of carbonyl (C=O) groups is 2. The van der Waals surface area contributed by atoms with E-state index < -0.39 is 6.61 Å². The van der Waals surface area contributed by atoms with Crippen molar-refractivity contribution in [3.8, 4) is 17.0 Å². The highest BCUT2D eigenvalue weighted by Gasteiger charge is 2.35. The molecule has 0 unspecified atom stereocenters. The van der Waals surface area contributed by atoms with Crippen molar-refractivity contribution in [1.82, 2.24) is 29.5 Å². The molecular weight excluding hydrogens is 580 g/mol. The van der Waals surface area contributed by atoms with E-state index in [9.17, 15) is 18.4 Å². The third kappa shape index (κ3) is 6.60. The summed E-state index contributed by atoms with van der Waals surface area (Å²) in [6.45, 7) is 6.58. The molecule has 2 saturated heterocycles. The number of piperidine rings is 1. The van der Waals surface area contributed by atoms with Crippen LogP contribution in [-0.2, 0) is 4.79 Å². The lowest BCUT2D eigenvalue weighted by atomic mass is 9.93. The van der Waals surface area contributed by atoms with E-state index in [1.54, 1.807) is 30.7 Å². The fourth-order valence-corrected chi connectivity index (χ4v) is 6.23. The van der Waals surface area contributed by atoms with Gasteiger partial charge < -0.3 is 25.2 Å². The summed E-state index contributed by atoms with van der Waals surface area (Å²) in [4.78, 5) is 39.5. The number of alkyl halides is 2. The van der Waals surface area contributed by atoms with E-state index in [1.165, 1.54) is 12.1 Å². The molecule has 0 radical (unpaired) electrons. The van der Waals surface area contributed by atoms with Gasteiger partial charge in [-0.25, -0.2) is 9.97 Å². The molecule has 12 heteroatoms. The van der Waals surface area contributed by atoms with Crippen molar-refractivity contribution in [3.05, 3.63) is 72.2 Å². The second kappa shape index (κ2) is 12.4. The summed E-state index contributed by atoms with van der Waals surface area (Å²) >= 11 is 0. The standard InChI is InChI=1S/C33H37F2N7O3/c1-21-18-24(39-28-29-37-19-27(42(29)17-12-36-28)22-4-7-25(8-5-22)45-32(34)35)6-9-26(21)31(44)40-14-10-23(11-15-40)30(43)41-16-13-38-33(2,3)20-41/h4-9,12,17-19,23,32,38H,10-11,13-16,20H2,1-3H3,(H,36,39). The number of aryl methyl sites for hydroxylation is 1. The van der Waals surface area contributed by atoms with Gasteiger partial charge in [-0.1, -0.05) is 0 Å². The fourth-order valence-electron chi connectivity index (χ4n) is 6.23. The number of anilines is 2. The summed E-state index contributed by atoms with van der Waals surface area (Å²) in [5, 5.41) is 6.76. The molecule has 0 atom stereocenters. The van der Waals surface area contributed by atoms with E-state index in [-0.39, 0.29) is 29.0 Å². The van der Waals surface area contributed by atoms with Crippen LogP contribution in [0.1, 0.15) is 42.6 Å². The van der Waals surface area contributed by atoms with Crippen LogP contribution in [0.5, 0.6) is 5.75 Å². The lowest BCUT2D eigenvalue weighted by Gasteiger charge is -2.41. The van der Waals surface area contributed by atoms with Crippen molar-refractivity contribution >= 4 is 29.0 Å². The molecule has 45 heavy (non-hydrogen) atoms. The topological polar surface area (TPSA) is 104 Å². The highest BCUT2D eigenvalue weighted by Crippen LogP contribution is 2.29. The van der Waals surface area contributed by atoms with E-state index in [2.05, 4.69) is 39.2 Å². The Morgan fingerprint density at radius 2 is 1.80 bits per heavy atom. The van der Waals surface area contributed by atoms with Crippen LogP contribution in [-0.4, -0.2) is 80.9 Å². The summed E-state index contributed by atoms with van der Waals surface area (Å²) in [5.41, 5.74) is 4.25. The van der Waals surface area contributed by atoms with Crippen molar-refractivity contribution in [2.45, 2.75) is 45.8 Å². The van der Waals surface area contributed by atoms with E-state index in [0.29, 0.717) is 49.5 Å². The van der Waals surface area contributed by atoms with Crippen LogP contribution in [0, 0.1) is 12.8 Å². The Morgan fingerprint density at radius 1 is 1.04 bits per heavy atom. The van der Waals surface area contributed by atoms with Crippen LogP contribution in [0.2, 0.25) is 0 Å². The highest BCUT2D eigenvalue weighted by atomic mass is 19.3. The summed E-state index contributed by atoms with van der Waals surface area (Å²) in [5.74, 6) is 0.732. The molecular formula is C33H37F2N7O3. The number of nitrogens with zero attached hydrogens (tertiary/aromatic N) is 5. The van der Waals surface area contributed by atoms with Crippen molar-refractivity contribution < 1.29 is 23.1 Å². The zero-order valence-corrected chi connectivity index (χ0v) is 25.6. The second-order valence-corrected chi connectivity index (χ2v) is 12.3. The van der Waals surface area contributed by atoms with Gasteiger partial charge in [-0.15, -0.1) is 0 Å². The van der Waals surface area contributed by atoms with Gasteiger partial charge in [0.15, 0.2) is 11.5 Å². The van der Waals surface area contributed by atoms with Crippen molar-refractivity contribution in [2.24, 2.45) is 5.92 Å². The molecule has 2 aromatic carbocycles. The number of amides is 2. The van der Waals surface area contributed by atoms with Crippen LogP contribution in [0.25, 0.3) is 16.9 Å². The minimum atomic E-state index is -2.88. The summed E-state index contributed by atoms with van der Waals surface area (Å²) < 4.78 is 31.4. The zero-order valence-electron chi connectivity index (χ0n) is 25.6. The molecule has 10 nitrogen and oxygen atoms in total. The monoisotopic (exact) mass is 617 g/mol. The molecule has 2 amide bonds. The molecule has 4 aromatic rings. The number of carbonyl (C=O) groups excluding carboxylic acids is 2. The lowest BCUT2D eigenvalue weighted by molar-refractivity contribution is -0.139. The Bertz CT molecular complexity index is 1700. The zero-order chi connectivity index (χ0) is 31.7. The van der Waals surface area contributed by atoms with Gasteiger partial charge in [0.25, 0.3) is 5.91 Å².